The standard InChI is InChI=1S/C14H15NO4/c16-12-9-14(6-2-1-3-7-14)19-13-5-4-10(15(17)18)8-11(12)13/h4-5,8H,1-3,6-7,9H2. The van der Waals surface area contributed by atoms with E-state index in [1.54, 1.807) is 6.07 Å². The second-order valence-electron chi connectivity index (χ2n) is 5.38. The molecule has 2 aliphatic rings. The molecular weight excluding hydrogens is 246 g/mol. The molecule has 1 spiro atoms. The number of hydrogen-bond acceptors (Lipinski definition) is 4. The van der Waals surface area contributed by atoms with Crippen LogP contribution in [0.15, 0.2) is 18.2 Å². The maximum absolute atomic E-state index is 12.2. The predicted molar refractivity (Wildman–Crippen MR) is 68.5 cm³/mol. The quantitative estimate of drug-likeness (QED) is 0.574. The number of non-ortho nitro benzene ring substituents is 1. The van der Waals surface area contributed by atoms with E-state index in [0.29, 0.717) is 17.7 Å². The van der Waals surface area contributed by atoms with Gasteiger partial charge in [0, 0.05) is 12.1 Å². The topological polar surface area (TPSA) is 69.4 Å². The van der Waals surface area contributed by atoms with E-state index in [-0.39, 0.29) is 17.1 Å². The molecule has 1 aliphatic heterocycles. The summed E-state index contributed by atoms with van der Waals surface area (Å²) in [5.74, 6) is 0.468. The molecule has 0 saturated heterocycles. The highest BCUT2D eigenvalue weighted by atomic mass is 16.6. The van der Waals surface area contributed by atoms with Gasteiger partial charge in [0.25, 0.3) is 5.69 Å². The molecule has 1 aliphatic carbocycles. The Morgan fingerprint density at radius 3 is 2.63 bits per heavy atom. The van der Waals surface area contributed by atoms with Crippen LogP contribution in [0.1, 0.15) is 48.9 Å². The number of ketones is 1. The molecule has 5 heteroatoms. The molecule has 0 amide bonds. The molecule has 19 heavy (non-hydrogen) atoms. The lowest BCUT2D eigenvalue weighted by molar-refractivity contribution is -0.384. The Morgan fingerprint density at radius 1 is 1.21 bits per heavy atom. The molecule has 0 bridgehead atoms. The van der Waals surface area contributed by atoms with Crippen molar-refractivity contribution in [3.05, 3.63) is 33.9 Å². The Kier molecular flexibility index (Phi) is 2.77. The highest BCUT2D eigenvalue weighted by Gasteiger charge is 2.41. The van der Waals surface area contributed by atoms with Gasteiger partial charge in [-0.1, -0.05) is 6.42 Å². The lowest BCUT2D eigenvalue weighted by Crippen LogP contribution is -2.43. The van der Waals surface area contributed by atoms with E-state index in [0.717, 1.165) is 25.7 Å². The number of carbonyl (C=O) groups is 1. The molecule has 0 atom stereocenters. The zero-order chi connectivity index (χ0) is 13.5. The van der Waals surface area contributed by atoms with E-state index in [9.17, 15) is 14.9 Å². The fourth-order valence-corrected chi connectivity index (χ4v) is 3.07. The summed E-state index contributed by atoms with van der Waals surface area (Å²) in [6.07, 6.45) is 5.49. The van der Waals surface area contributed by atoms with Crippen LogP contribution in [0.25, 0.3) is 0 Å². The summed E-state index contributed by atoms with van der Waals surface area (Å²) in [6.45, 7) is 0. The molecule has 1 heterocycles. The van der Waals surface area contributed by atoms with E-state index >= 15 is 0 Å². The van der Waals surface area contributed by atoms with Crippen molar-refractivity contribution in [1.82, 2.24) is 0 Å². The maximum atomic E-state index is 12.2. The highest BCUT2D eigenvalue weighted by Crippen LogP contribution is 2.42. The Hall–Kier alpha value is -1.91. The Morgan fingerprint density at radius 2 is 1.95 bits per heavy atom. The normalized spacial score (nSPS) is 20.7. The summed E-state index contributed by atoms with van der Waals surface area (Å²) in [5.41, 5.74) is -0.0703. The number of rotatable bonds is 1. The van der Waals surface area contributed by atoms with Crippen LogP contribution in [-0.2, 0) is 0 Å². The summed E-state index contributed by atoms with van der Waals surface area (Å²) in [4.78, 5) is 22.5. The van der Waals surface area contributed by atoms with E-state index in [1.807, 2.05) is 0 Å². The van der Waals surface area contributed by atoms with Crippen LogP contribution in [-0.4, -0.2) is 16.3 Å². The predicted octanol–water partition coefficient (Wildman–Crippen LogP) is 3.26. The molecule has 100 valence electrons. The van der Waals surface area contributed by atoms with Crippen LogP contribution in [0.2, 0.25) is 0 Å². The average molecular weight is 261 g/mol. The van der Waals surface area contributed by atoms with Gasteiger partial charge in [0.15, 0.2) is 5.78 Å². The number of nitrogens with zero attached hydrogens (tertiary/aromatic N) is 1. The van der Waals surface area contributed by atoms with Gasteiger partial charge in [0.2, 0.25) is 0 Å². The molecule has 5 nitrogen and oxygen atoms in total. The van der Waals surface area contributed by atoms with Crippen molar-refractivity contribution in [3.63, 3.8) is 0 Å². The monoisotopic (exact) mass is 261 g/mol. The van der Waals surface area contributed by atoms with Crippen LogP contribution >= 0.6 is 0 Å². The van der Waals surface area contributed by atoms with E-state index in [2.05, 4.69) is 0 Å². The molecular formula is C14H15NO4. The van der Waals surface area contributed by atoms with Crippen LogP contribution in [0.3, 0.4) is 0 Å². The van der Waals surface area contributed by atoms with E-state index in [4.69, 9.17) is 4.74 Å². The van der Waals surface area contributed by atoms with E-state index < -0.39 is 4.92 Å². The second-order valence-corrected chi connectivity index (χ2v) is 5.38. The minimum atomic E-state index is -0.488. The smallest absolute Gasteiger partial charge is 0.270 e. The number of nitro groups is 1. The summed E-state index contributed by atoms with van der Waals surface area (Å²) < 4.78 is 6.02. The van der Waals surface area contributed by atoms with Gasteiger partial charge >= 0.3 is 0 Å². The molecule has 1 aromatic carbocycles. The lowest BCUT2D eigenvalue weighted by atomic mass is 9.78. The lowest BCUT2D eigenvalue weighted by Gasteiger charge is -2.40. The zero-order valence-corrected chi connectivity index (χ0v) is 10.6. The Labute approximate surface area is 110 Å². The SMILES string of the molecule is O=C1CC2(CCCCC2)Oc2ccc([N+](=O)[O-])cc21. The van der Waals surface area contributed by atoms with Gasteiger partial charge in [-0.15, -0.1) is 0 Å². The Bertz CT molecular complexity index is 546. The first kappa shape index (κ1) is 12.1. The van der Waals surface area contributed by atoms with Crippen molar-refractivity contribution < 1.29 is 14.5 Å². The third-order valence-electron chi connectivity index (χ3n) is 4.05. The first-order chi connectivity index (χ1) is 9.10. The third kappa shape index (κ3) is 2.09. The number of hydrogen-bond donors (Lipinski definition) is 0. The largest absolute Gasteiger partial charge is 0.486 e. The third-order valence-corrected chi connectivity index (χ3v) is 4.05. The van der Waals surface area contributed by atoms with Crippen LogP contribution < -0.4 is 4.74 Å². The molecule has 0 N–H and O–H groups in total. The van der Waals surface area contributed by atoms with Gasteiger partial charge in [0.1, 0.15) is 11.4 Å². The second kappa shape index (κ2) is 4.33. The van der Waals surface area contributed by atoms with Gasteiger partial charge in [-0.25, -0.2) is 0 Å². The number of fused-ring (bicyclic) bond motifs is 1. The maximum Gasteiger partial charge on any atom is 0.270 e. The summed E-state index contributed by atoms with van der Waals surface area (Å²) in [5, 5.41) is 10.7. The first-order valence-electron chi connectivity index (χ1n) is 6.60. The van der Waals surface area contributed by atoms with Crippen molar-refractivity contribution in [2.75, 3.05) is 0 Å². The minimum absolute atomic E-state index is 0.0353. The molecule has 0 unspecified atom stereocenters. The molecule has 3 rings (SSSR count). The first-order valence-corrected chi connectivity index (χ1v) is 6.60. The van der Waals surface area contributed by atoms with Crippen molar-refractivity contribution >= 4 is 11.5 Å². The van der Waals surface area contributed by atoms with Crippen molar-refractivity contribution in [3.8, 4) is 5.75 Å². The molecule has 1 fully saturated rings. The van der Waals surface area contributed by atoms with Crippen LogP contribution in [0, 0.1) is 10.1 Å². The van der Waals surface area contributed by atoms with Gasteiger partial charge < -0.3 is 4.74 Å². The molecule has 0 radical (unpaired) electrons. The van der Waals surface area contributed by atoms with E-state index in [1.165, 1.54) is 18.6 Å². The molecule has 0 aromatic heterocycles. The number of ether oxygens (including phenoxy) is 1. The fraction of sp³-hybridized carbons (Fsp3) is 0.500. The summed E-state index contributed by atoms with van der Waals surface area (Å²) in [7, 11) is 0. The van der Waals surface area contributed by atoms with Crippen LogP contribution in [0.4, 0.5) is 5.69 Å². The van der Waals surface area contributed by atoms with Crippen molar-refractivity contribution in [2.24, 2.45) is 0 Å². The Balaban J connectivity index is 1.97. The number of nitro benzene ring substituents is 1. The van der Waals surface area contributed by atoms with Crippen molar-refractivity contribution in [2.45, 2.75) is 44.1 Å². The minimum Gasteiger partial charge on any atom is -0.486 e. The summed E-state index contributed by atoms with van der Waals surface area (Å²) >= 11 is 0. The number of benzene rings is 1. The van der Waals surface area contributed by atoms with Gasteiger partial charge in [-0.05, 0) is 31.7 Å². The highest BCUT2D eigenvalue weighted by molar-refractivity contribution is 6.01. The number of Topliss-reactive ketones (excluding diaryl/α,β-unsaturated/α-hetero) is 1. The average Bonchev–Trinajstić information content (AvgIpc) is 2.39. The number of carbonyl (C=O) groups excluding carboxylic acids is 1. The van der Waals surface area contributed by atoms with Gasteiger partial charge in [-0.3, -0.25) is 14.9 Å². The van der Waals surface area contributed by atoms with Crippen molar-refractivity contribution in [1.29, 1.82) is 0 Å². The van der Waals surface area contributed by atoms with Gasteiger partial charge in [0.05, 0.1) is 16.9 Å². The van der Waals surface area contributed by atoms with Crippen LogP contribution in [0.5, 0.6) is 5.75 Å². The fourth-order valence-electron chi connectivity index (χ4n) is 3.07. The van der Waals surface area contributed by atoms with Gasteiger partial charge in [-0.2, -0.15) is 0 Å². The summed E-state index contributed by atoms with van der Waals surface area (Å²) in [6, 6.07) is 4.28. The molecule has 1 aromatic rings. The zero-order valence-electron chi connectivity index (χ0n) is 10.6. The molecule has 1 saturated carbocycles.